The quantitative estimate of drug-likeness (QED) is 0.693. The van der Waals surface area contributed by atoms with Crippen LogP contribution in [0.3, 0.4) is 0 Å². The van der Waals surface area contributed by atoms with Crippen LogP contribution in [0, 0.1) is 0 Å². The van der Waals surface area contributed by atoms with Gasteiger partial charge < -0.3 is 0 Å². The monoisotopic (exact) mass is 366 g/mol. The number of carbonyl (C=O) groups is 1. The third-order valence-electron chi connectivity index (χ3n) is 2.72. The van der Waals surface area contributed by atoms with Gasteiger partial charge in [0, 0.05) is 20.9 Å². The minimum Gasteiger partial charge on any atom is -0.294 e. The maximum Gasteiger partial charge on any atom is 0.163 e. The molecule has 0 aliphatic heterocycles. The predicted octanol–water partition coefficient (Wildman–Crippen LogP) is 5.03. The van der Waals surface area contributed by atoms with E-state index in [-0.39, 0.29) is 5.78 Å². The second-order valence-electron chi connectivity index (χ2n) is 4.06. The van der Waals surface area contributed by atoms with Crippen molar-refractivity contribution in [1.29, 1.82) is 0 Å². The molecular weight excluding hydrogens is 356 g/mol. The molecule has 0 saturated heterocycles. The SMILES string of the molecule is O=C(CCc1ccc(Br)cc1)c1ccc(Br)cc1. The van der Waals surface area contributed by atoms with E-state index in [0.717, 1.165) is 20.9 Å². The lowest BCUT2D eigenvalue weighted by atomic mass is 10.0. The molecule has 0 aliphatic rings. The Morgan fingerprint density at radius 3 is 1.89 bits per heavy atom. The number of rotatable bonds is 4. The molecule has 0 amide bonds. The zero-order chi connectivity index (χ0) is 13.0. The highest BCUT2D eigenvalue weighted by Crippen LogP contribution is 2.15. The number of benzene rings is 2. The van der Waals surface area contributed by atoms with Crippen molar-refractivity contribution in [1.82, 2.24) is 0 Å². The summed E-state index contributed by atoms with van der Waals surface area (Å²) >= 11 is 6.76. The Balaban J connectivity index is 1.96. The fourth-order valence-corrected chi connectivity index (χ4v) is 2.22. The van der Waals surface area contributed by atoms with Crippen molar-refractivity contribution in [2.75, 3.05) is 0 Å². The van der Waals surface area contributed by atoms with E-state index in [2.05, 4.69) is 31.9 Å². The van der Waals surface area contributed by atoms with Gasteiger partial charge in [-0.05, 0) is 36.2 Å². The zero-order valence-electron chi connectivity index (χ0n) is 9.70. The molecule has 2 aromatic rings. The number of Topliss-reactive ketones (excluding diaryl/α,β-unsaturated/α-hetero) is 1. The van der Waals surface area contributed by atoms with Crippen LogP contribution in [0.4, 0.5) is 0 Å². The first-order valence-electron chi connectivity index (χ1n) is 5.68. The van der Waals surface area contributed by atoms with E-state index in [0.29, 0.717) is 6.42 Å². The summed E-state index contributed by atoms with van der Waals surface area (Å²) in [5, 5.41) is 0. The fraction of sp³-hybridized carbons (Fsp3) is 0.133. The minimum absolute atomic E-state index is 0.186. The van der Waals surface area contributed by atoms with E-state index in [1.54, 1.807) is 0 Å². The molecule has 0 spiro atoms. The minimum atomic E-state index is 0.186. The van der Waals surface area contributed by atoms with Crippen LogP contribution in [0.15, 0.2) is 57.5 Å². The van der Waals surface area contributed by atoms with Gasteiger partial charge in [-0.1, -0.05) is 56.1 Å². The number of aryl methyl sites for hydroxylation is 1. The van der Waals surface area contributed by atoms with Crippen molar-refractivity contribution < 1.29 is 4.79 Å². The van der Waals surface area contributed by atoms with Gasteiger partial charge in [-0.25, -0.2) is 0 Å². The van der Waals surface area contributed by atoms with Gasteiger partial charge in [-0.15, -0.1) is 0 Å². The molecule has 2 rings (SSSR count). The van der Waals surface area contributed by atoms with Gasteiger partial charge in [0.15, 0.2) is 5.78 Å². The molecule has 92 valence electrons. The van der Waals surface area contributed by atoms with Crippen LogP contribution >= 0.6 is 31.9 Å². The summed E-state index contributed by atoms with van der Waals surface area (Å²) in [6.07, 6.45) is 1.32. The standard InChI is InChI=1S/C15H12Br2O/c16-13-6-1-11(2-7-13)3-10-15(18)12-4-8-14(17)9-5-12/h1-2,4-9H,3,10H2. The van der Waals surface area contributed by atoms with E-state index in [9.17, 15) is 4.79 Å². The number of carbonyl (C=O) groups excluding carboxylic acids is 1. The number of ketones is 1. The van der Waals surface area contributed by atoms with E-state index in [4.69, 9.17) is 0 Å². The van der Waals surface area contributed by atoms with Crippen molar-refractivity contribution in [3.63, 3.8) is 0 Å². The average molecular weight is 368 g/mol. The first kappa shape index (κ1) is 13.5. The zero-order valence-corrected chi connectivity index (χ0v) is 12.9. The van der Waals surface area contributed by atoms with Crippen molar-refractivity contribution in [2.24, 2.45) is 0 Å². The Morgan fingerprint density at radius 2 is 1.33 bits per heavy atom. The Labute approximate surface area is 123 Å². The molecule has 0 N–H and O–H groups in total. The first-order valence-corrected chi connectivity index (χ1v) is 7.27. The normalized spacial score (nSPS) is 10.3. The molecule has 0 aliphatic carbocycles. The van der Waals surface area contributed by atoms with Gasteiger partial charge in [0.05, 0.1) is 0 Å². The van der Waals surface area contributed by atoms with Crippen LogP contribution in [0.5, 0.6) is 0 Å². The summed E-state index contributed by atoms with van der Waals surface area (Å²) in [5.74, 6) is 0.186. The first-order chi connectivity index (χ1) is 8.65. The van der Waals surface area contributed by atoms with Crippen LogP contribution in [-0.2, 0) is 6.42 Å². The van der Waals surface area contributed by atoms with Crippen molar-refractivity contribution >= 4 is 37.6 Å². The number of halogens is 2. The van der Waals surface area contributed by atoms with Gasteiger partial charge >= 0.3 is 0 Å². The van der Waals surface area contributed by atoms with Crippen LogP contribution in [-0.4, -0.2) is 5.78 Å². The molecule has 3 heteroatoms. The lowest BCUT2D eigenvalue weighted by Crippen LogP contribution is -2.00. The Morgan fingerprint density at radius 1 is 0.833 bits per heavy atom. The van der Waals surface area contributed by atoms with Gasteiger partial charge in [0.2, 0.25) is 0 Å². The number of hydrogen-bond donors (Lipinski definition) is 0. The van der Waals surface area contributed by atoms with E-state index < -0.39 is 0 Å². The predicted molar refractivity (Wildman–Crippen MR) is 80.9 cm³/mol. The Kier molecular flexibility index (Phi) is 4.72. The van der Waals surface area contributed by atoms with Crippen molar-refractivity contribution in [2.45, 2.75) is 12.8 Å². The Hall–Kier alpha value is -0.930. The molecule has 0 radical (unpaired) electrons. The van der Waals surface area contributed by atoms with Crippen LogP contribution in [0.1, 0.15) is 22.3 Å². The summed E-state index contributed by atoms with van der Waals surface area (Å²) < 4.78 is 2.05. The largest absolute Gasteiger partial charge is 0.294 e. The molecule has 0 atom stereocenters. The van der Waals surface area contributed by atoms with Crippen molar-refractivity contribution in [3.05, 3.63) is 68.6 Å². The molecule has 1 nitrogen and oxygen atoms in total. The van der Waals surface area contributed by atoms with Gasteiger partial charge in [-0.2, -0.15) is 0 Å². The van der Waals surface area contributed by atoms with Crippen LogP contribution in [0.2, 0.25) is 0 Å². The molecule has 2 aromatic carbocycles. The second-order valence-corrected chi connectivity index (χ2v) is 5.89. The summed E-state index contributed by atoms with van der Waals surface area (Å²) in [5.41, 5.74) is 1.96. The lowest BCUT2D eigenvalue weighted by Gasteiger charge is -2.02. The molecule has 0 aromatic heterocycles. The molecule has 0 bridgehead atoms. The van der Waals surface area contributed by atoms with Crippen molar-refractivity contribution in [3.8, 4) is 0 Å². The molecule has 0 fully saturated rings. The lowest BCUT2D eigenvalue weighted by molar-refractivity contribution is 0.0983. The van der Waals surface area contributed by atoms with E-state index in [1.807, 2.05) is 48.5 Å². The summed E-state index contributed by atoms with van der Waals surface area (Å²) in [7, 11) is 0. The summed E-state index contributed by atoms with van der Waals surface area (Å²) in [4.78, 5) is 12.0. The van der Waals surface area contributed by atoms with Gasteiger partial charge in [-0.3, -0.25) is 4.79 Å². The van der Waals surface area contributed by atoms with Gasteiger partial charge in [0.1, 0.15) is 0 Å². The third kappa shape index (κ3) is 3.79. The highest BCUT2D eigenvalue weighted by molar-refractivity contribution is 9.10. The topological polar surface area (TPSA) is 17.1 Å². The fourth-order valence-electron chi connectivity index (χ4n) is 1.69. The van der Waals surface area contributed by atoms with Gasteiger partial charge in [0.25, 0.3) is 0 Å². The highest BCUT2D eigenvalue weighted by atomic mass is 79.9. The maximum atomic E-state index is 12.0. The van der Waals surface area contributed by atoms with Crippen LogP contribution in [0.25, 0.3) is 0 Å². The molecule has 0 saturated carbocycles. The van der Waals surface area contributed by atoms with E-state index in [1.165, 1.54) is 5.56 Å². The Bertz CT molecular complexity index is 529. The second kappa shape index (κ2) is 6.30. The van der Waals surface area contributed by atoms with Crippen LogP contribution < -0.4 is 0 Å². The summed E-state index contributed by atoms with van der Waals surface area (Å²) in [6.45, 7) is 0. The number of hydrogen-bond acceptors (Lipinski definition) is 1. The molecule has 0 heterocycles. The highest BCUT2D eigenvalue weighted by Gasteiger charge is 2.05. The molecule has 0 unspecified atom stereocenters. The van der Waals surface area contributed by atoms with E-state index >= 15 is 0 Å². The smallest absolute Gasteiger partial charge is 0.163 e. The molecular formula is C15H12Br2O. The average Bonchev–Trinajstić information content (AvgIpc) is 2.38. The third-order valence-corrected chi connectivity index (χ3v) is 3.78. The summed E-state index contributed by atoms with van der Waals surface area (Å²) in [6, 6.07) is 15.6. The molecule has 18 heavy (non-hydrogen) atoms. The maximum absolute atomic E-state index is 12.0.